The van der Waals surface area contributed by atoms with Crippen LogP contribution in [0, 0.1) is 11.3 Å². The van der Waals surface area contributed by atoms with Crippen LogP contribution in [-0.2, 0) is 0 Å². The predicted octanol–water partition coefficient (Wildman–Crippen LogP) is 2.50. The maximum absolute atomic E-state index is 3.46. The van der Waals surface area contributed by atoms with Gasteiger partial charge in [0.1, 0.15) is 0 Å². The van der Waals surface area contributed by atoms with Crippen molar-refractivity contribution in [1.29, 1.82) is 0 Å². The lowest BCUT2D eigenvalue weighted by Crippen LogP contribution is -2.43. The third-order valence-corrected chi connectivity index (χ3v) is 4.31. The summed E-state index contributed by atoms with van der Waals surface area (Å²) in [5, 5.41) is 3.46. The third-order valence-electron chi connectivity index (χ3n) is 4.31. The van der Waals surface area contributed by atoms with Crippen molar-refractivity contribution in [3.63, 3.8) is 0 Å². The summed E-state index contributed by atoms with van der Waals surface area (Å²) in [5.41, 5.74) is 0.462. The molecule has 1 N–H and O–H groups in total. The molecule has 2 aliphatic rings. The molecule has 0 aromatic rings. The van der Waals surface area contributed by atoms with Crippen LogP contribution in [0.5, 0.6) is 0 Å². The molecule has 0 aromatic heterocycles. The summed E-state index contributed by atoms with van der Waals surface area (Å²) in [6.07, 6.45) is 5.59. The van der Waals surface area contributed by atoms with E-state index in [2.05, 4.69) is 31.0 Å². The van der Waals surface area contributed by atoms with E-state index in [1.807, 2.05) is 0 Å². The number of hydrogen-bond donors (Lipinski definition) is 1. The highest BCUT2D eigenvalue weighted by Gasteiger charge is 2.34. The molecule has 2 fully saturated rings. The SMILES string of the molecule is CC(C)(C)C1CCCN1CC1CCNCC1. The van der Waals surface area contributed by atoms with E-state index in [9.17, 15) is 0 Å². The number of rotatable bonds is 2. The quantitative estimate of drug-likeness (QED) is 0.775. The van der Waals surface area contributed by atoms with Crippen LogP contribution in [0.15, 0.2) is 0 Å². The molecule has 0 bridgehead atoms. The molecule has 2 saturated heterocycles. The van der Waals surface area contributed by atoms with Gasteiger partial charge in [0.25, 0.3) is 0 Å². The largest absolute Gasteiger partial charge is 0.317 e. The molecule has 1 atom stereocenters. The van der Waals surface area contributed by atoms with Gasteiger partial charge >= 0.3 is 0 Å². The number of nitrogens with one attached hydrogen (secondary N) is 1. The van der Waals surface area contributed by atoms with Crippen molar-refractivity contribution in [2.24, 2.45) is 11.3 Å². The minimum absolute atomic E-state index is 0.462. The van der Waals surface area contributed by atoms with Crippen LogP contribution in [0.2, 0.25) is 0 Å². The van der Waals surface area contributed by atoms with Gasteiger partial charge in [0.15, 0.2) is 0 Å². The van der Waals surface area contributed by atoms with Gasteiger partial charge in [-0.25, -0.2) is 0 Å². The van der Waals surface area contributed by atoms with Gasteiger partial charge in [-0.05, 0) is 56.7 Å². The van der Waals surface area contributed by atoms with Crippen LogP contribution < -0.4 is 5.32 Å². The summed E-state index contributed by atoms with van der Waals surface area (Å²) in [7, 11) is 0. The molecule has 2 nitrogen and oxygen atoms in total. The van der Waals surface area contributed by atoms with E-state index in [0.29, 0.717) is 5.41 Å². The molecular formula is C14H28N2. The molecule has 0 aliphatic carbocycles. The summed E-state index contributed by atoms with van der Waals surface area (Å²) in [6.45, 7) is 12.4. The molecule has 0 amide bonds. The van der Waals surface area contributed by atoms with Crippen LogP contribution in [-0.4, -0.2) is 37.1 Å². The summed E-state index contributed by atoms with van der Waals surface area (Å²) in [6, 6.07) is 0.822. The van der Waals surface area contributed by atoms with Crippen molar-refractivity contribution in [3.8, 4) is 0 Å². The Morgan fingerprint density at radius 3 is 2.44 bits per heavy atom. The smallest absolute Gasteiger partial charge is 0.0144 e. The van der Waals surface area contributed by atoms with Crippen LogP contribution in [0.1, 0.15) is 46.5 Å². The summed E-state index contributed by atoms with van der Waals surface area (Å²) >= 11 is 0. The van der Waals surface area contributed by atoms with Crippen molar-refractivity contribution in [2.75, 3.05) is 26.2 Å². The van der Waals surface area contributed by atoms with E-state index in [4.69, 9.17) is 0 Å². The minimum Gasteiger partial charge on any atom is -0.317 e. The van der Waals surface area contributed by atoms with E-state index in [1.165, 1.54) is 51.9 Å². The zero-order chi connectivity index (χ0) is 11.6. The molecule has 0 spiro atoms. The van der Waals surface area contributed by atoms with E-state index >= 15 is 0 Å². The third kappa shape index (κ3) is 2.98. The molecule has 2 aliphatic heterocycles. The standard InChI is InChI=1S/C14H28N2/c1-14(2,3)13-5-4-10-16(13)11-12-6-8-15-9-7-12/h12-13,15H,4-11H2,1-3H3. The van der Waals surface area contributed by atoms with Crippen molar-refractivity contribution >= 4 is 0 Å². The van der Waals surface area contributed by atoms with Gasteiger partial charge < -0.3 is 5.32 Å². The molecule has 2 heterocycles. The Balaban J connectivity index is 1.88. The first-order chi connectivity index (χ1) is 7.57. The second-order valence-electron chi connectivity index (χ2n) is 6.71. The first kappa shape index (κ1) is 12.4. The average molecular weight is 224 g/mol. The van der Waals surface area contributed by atoms with E-state index in [1.54, 1.807) is 0 Å². The molecule has 0 radical (unpaired) electrons. The van der Waals surface area contributed by atoms with E-state index < -0.39 is 0 Å². The maximum atomic E-state index is 3.46. The Morgan fingerprint density at radius 2 is 1.81 bits per heavy atom. The molecule has 16 heavy (non-hydrogen) atoms. The molecule has 94 valence electrons. The number of piperidine rings is 1. The number of likely N-dealkylation sites (tertiary alicyclic amines) is 1. The first-order valence-electron chi connectivity index (χ1n) is 7.02. The fourth-order valence-corrected chi connectivity index (χ4v) is 3.42. The molecule has 2 rings (SSSR count). The topological polar surface area (TPSA) is 15.3 Å². The molecule has 0 aromatic carbocycles. The molecular weight excluding hydrogens is 196 g/mol. The van der Waals surface area contributed by atoms with Crippen molar-refractivity contribution in [1.82, 2.24) is 10.2 Å². The van der Waals surface area contributed by atoms with Gasteiger partial charge in [-0.2, -0.15) is 0 Å². The second kappa shape index (κ2) is 5.05. The normalized spacial score (nSPS) is 29.8. The van der Waals surface area contributed by atoms with Gasteiger partial charge in [0.05, 0.1) is 0 Å². The van der Waals surface area contributed by atoms with Crippen LogP contribution in [0.4, 0.5) is 0 Å². The Labute approximate surface area is 101 Å². The van der Waals surface area contributed by atoms with Crippen molar-refractivity contribution in [2.45, 2.75) is 52.5 Å². The summed E-state index contributed by atoms with van der Waals surface area (Å²) in [5.74, 6) is 0.948. The Bertz CT molecular complexity index is 213. The monoisotopic (exact) mass is 224 g/mol. The zero-order valence-electron chi connectivity index (χ0n) is 11.3. The zero-order valence-corrected chi connectivity index (χ0v) is 11.3. The molecule has 0 saturated carbocycles. The van der Waals surface area contributed by atoms with Crippen LogP contribution >= 0.6 is 0 Å². The summed E-state index contributed by atoms with van der Waals surface area (Å²) in [4.78, 5) is 2.77. The van der Waals surface area contributed by atoms with Gasteiger partial charge in [-0.3, -0.25) is 4.90 Å². The fraction of sp³-hybridized carbons (Fsp3) is 1.00. The first-order valence-corrected chi connectivity index (χ1v) is 7.02. The van der Waals surface area contributed by atoms with Gasteiger partial charge in [0, 0.05) is 12.6 Å². The van der Waals surface area contributed by atoms with Gasteiger partial charge in [-0.1, -0.05) is 20.8 Å². The fourth-order valence-electron chi connectivity index (χ4n) is 3.42. The molecule has 2 heteroatoms. The average Bonchev–Trinajstić information content (AvgIpc) is 2.67. The van der Waals surface area contributed by atoms with Crippen LogP contribution in [0.25, 0.3) is 0 Å². The van der Waals surface area contributed by atoms with Gasteiger partial charge in [0.2, 0.25) is 0 Å². The lowest BCUT2D eigenvalue weighted by Gasteiger charge is -2.37. The van der Waals surface area contributed by atoms with Gasteiger partial charge in [-0.15, -0.1) is 0 Å². The van der Waals surface area contributed by atoms with E-state index in [0.717, 1.165) is 12.0 Å². The number of nitrogens with zero attached hydrogens (tertiary/aromatic N) is 1. The maximum Gasteiger partial charge on any atom is 0.0144 e. The Kier molecular flexibility index (Phi) is 3.91. The Hall–Kier alpha value is -0.0800. The lowest BCUT2D eigenvalue weighted by atomic mass is 9.84. The highest BCUT2D eigenvalue weighted by Crippen LogP contribution is 2.33. The van der Waals surface area contributed by atoms with E-state index in [-0.39, 0.29) is 0 Å². The second-order valence-corrected chi connectivity index (χ2v) is 6.71. The van der Waals surface area contributed by atoms with Crippen LogP contribution in [0.3, 0.4) is 0 Å². The van der Waals surface area contributed by atoms with Crippen molar-refractivity contribution in [3.05, 3.63) is 0 Å². The molecule has 1 unspecified atom stereocenters. The van der Waals surface area contributed by atoms with Crippen molar-refractivity contribution < 1.29 is 0 Å². The Morgan fingerprint density at radius 1 is 1.12 bits per heavy atom. The highest BCUT2D eigenvalue weighted by atomic mass is 15.2. The minimum atomic E-state index is 0.462. The predicted molar refractivity (Wildman–Crippen MR) is 69.6 cm³/mol. The summed E-state index contributed by atoms with van der Waals surface area (Å²) < 4.78 is 0. The lowest BCUT2D eigenvalue weighted by molar-refractivity contribution is 0.114. The number of hydrogen-bond acceptors (Lipinski definition) is 2. The highest BCUT2D eigenvalue weighted by molar-refractivity contribution is 4.89.